The molecule has 6 nitrogen and oxygen atoms in total. The van der Waals surface area contributed by atoms with Gasteiger partial charge in [0.2, 0.25) is 5.91 Å². The SMILES string of the molecule is Cc1cc(-c2cnc(C)n2C)nc(CC2CCN(C(=O)C(C)(C)C)CC2)n1. The molecule has 1 amide bonds. The summed E-state index contributed by atoms with van der Waals surface area (Å²) in [6.45, 7) is 11.6. The predicted octanol–water partition coefficient (Wildman–Crippen LogP) is 3.32. The molecule has 0 N–H and O–H groups in total. The number of imidazole rings is 1. The summed E-state index contributed by atoms with van der Waals surface area (Å²) in [6.07, 6.45) is 4.76. The number of hydrogen-bond donors (Lipinski definition) is 0. The molecule has 1 aliphatic heterocycles. The van der Waals surface area contributed by atoms with Crippen LogP contribution in [0.5, 0.6) is 0 Å². The Labute approximate surface area is 162 Å². The Hall–Kier alpha value is -2.24. The summed E-state index contributed by atoms with van der Waals surface area (Å²) in [4.78, 5) is 28.3. The molecule has 2 aromatic heterocycles. The summed E-state index contributed by atoms with van der Waals surface area (Å²) in [5.74, 6) is 2.64. The van der Waals surface area contributed by atoms with Gasteiger partial charge in [0.25, 0.3) is 0 Å². The number of amides is 1. The van der Waals surface area contributed by atoms with Crippen LogP contribution in [0.1, 0.15) is 51.0 Å². The summed E-state index contributed by atoms with van der Waals surface area (Å²) in [6, 6.07) is 2.02. The van der Waals surface area contributed by atoms with Gasteiger partial charge in [0.1, 0.15) is 11.6 Å². The highest BCUT2D eigenvalue weighted by Gasteiger charge is 2.30. The summed E-state index contributed by atoms with van der Waals surface area (Å²) >= 11 is 0. The fraction of sp³-hybridized carbons (Fsp3) is 0.619. The van der Waals surface area contributed by atoms with Crippen LogP contribution < -0.4 is 0 Å². The average Bonchev–Trinajstić information content (AvgIpc) is 2.93. The smallest absolute Gasteiger partial charge is 0.227 e. The number of aryl methyl sites for hydroxylation is 2. The lowest BCUT2D eigenvalue weighted by atomic mass is 9.89. The van der Waals surface area contributed by atoms with Gasteiger partial charge in [-0.3, -0.25) is 4.79 Å². The molecule has 0 radical (unpaired) electrons. The van der Waals surface area contributed by atoms with Crippen LogP contribution in [0, 0.1) is 25.2 Å². The molecule has 0 atom stereocenters. The fourth-order valence-corrected chi connectivity index (χ4v) is 3.67. The third kappa shape index (κ3) is 4.37. The second-order valence-corrected chi connectivity index (χ2v) is 8.75. The van der Waals surface area contributed by atoms with E-state index in [1.807, 2.05) is 58.8 Å². The molecule has 3 rings (SSSR count). The van der Waals surface area contributed by atoms with Gasteiger partial charge in [0.05, 0.1) is 17.6 Å². The van der Waals surface area contributed by atoms with Crippen LogP contribution >= 0.6 is 0 Å². The Kier molecular flexibility index (Phi) is 5.36. The van der Waals surface area contributed by atoms with Crippen molar-refractivity contribution >= 4 is 5.91 Å². The lowest BCUT2D eigenvalue weighted by Gasteiger charge is -2.35. The van der Waals surface area contributed by atoms with E-state index in [0.717, 1.165) is 61.1 Å². The summed E-state index contributed by atoms with van der Waals surface area (Å²) in [5, 5.41) is 0. The first-order chi connectivity index (χ1) is 12.6. The molecule has 0 bridgehead atoms. The Morgan fingerprint density at radius 1 is 1.19 bits per heavy atom. The molecule has 0 spiro atoms. The van der Waals surface area contributed by atoms with Gasteiger partial charge in [0.15, 0.2) is 0 Å². The highest BCUT2D eigenvalue weighted by Crippen LogP contribution is 2.26. The third-order valence-corrected chi connectivity index (χ3v) is 5.40. The summed E-state index contributed by atoms with van der Waals surface area (Å²) in [5.41, 5.74) is 2.63. The number of carbonyl (C=O) groups excluding carboxylic acids is 1. The van der Waals surface area contributed by atoms with Gasteiger partial charge >= 0.3 is 0 Å². The molecule has 0 aromatic carbocycles. The Morgan fingerprint density at radius 2 is 1.85 bits per heavy atom. The molecule has 146 valence electrons. The first-order valence-electron chi connectivity index (χ1n) is 9.78. The average molecular weight is 370 g/mol. The van der Waals surface area contributed by atoms with E-state index in [4.69, 9.17) is 4.98 Å². The fourth-order valence-electron chi connectivity index (χ4n) is 3.67. The van der Waals surface area contributed by atoms with Crippen molar-refractivity contribution in [2.75, 3.05) is 13.1 Å². The highest BCUT2D eigenvalue weighted by molar-refractivity contribution is 5.81. The van der Waals surface area contributed by atoms with Gasteiger partial charge in [0, 0.05) is 37.7 Å². The Bertz CT molecular complexity index is 826. The number of aromatic nitrogens is 4. The van der Waals surface area contributed by atoms with E-state index < -0.39 is 0 Å². The maximum Gasteiger partial charge on any atom is 0.227 e. The van der Waals surface area contributed by atoms with Crippen molar-refractivity contribution in [3.63, 3.8) is 0 Å². The quantitative estimate of drug-likeness (QED) is 0.832. The van der Waals surface area contributed by atoms with Gasteiger partial charge in [-0.05, 0) is 38.7 Å². The minimum atomic E-state index is -0.303. The number of nitrogens with zero attached hydrogens (tertiary/aromatic N) is 5. The second-order valence-electron chi connectivity index (χ2n) is 8.75. The molecule has 2 aromatic rings. The maximum atomic E-state index is 12.5. The summed E-state index contributed by atoms with van der Waals surface area (Å²) < 4.78 is 2.06. The zero-order chi connectivity index (χ0) is 19.8. The minimum Gasteiger partial charge on any atom is -0.342 e. The molecule has 0 aliphatic carbocycles. The molecule has 0 unspecified atom stereocenters. The van der Waals surface area contributed by atoms with Gasteiger partial charge in [-0.25, -0.2) is 15.0 Å². The third-order valence-electron chi connectivity index (χ3n) is 5.40. The zero-order valence-electron chi connectivity index (χ0n) is 17.4. The van der Waals surface area contributed by atoms with E-state index in [-0.39, 0.29) is 11.3 Å². The molecule has 0 saturated carbocycles. The van der Waals surface area contributed by atoms with Gasteiger partial charge in [-0.1, -0.05) is 20.8 Å². The van der Waals surface area contributed by atoms with Crippen LogP contribution in [-0.2, 0) is 18.3 Å². The molecule has 3 heterocycles. The lowest BCUT2D eigenvalue weighted by Crippen LogP contribution is -2.44. The van der Waals surface area contributed by atoms with E-state index in [0.29, 0.717) is 5.92 Å². The van der Waals surface area contributed by atoms with Crippen LogP contribution in [-0.4, -0.2) is 43.4 Å². The number of rotatable bonds is 3. The predicted molar refractivity (Wildman–Crippen MR) is 106 cm³/mol. The lowest BCUT2D eigenvalue weighted by molar-refractivity contribution is -0.140. The van der Waals surface area contributed by atoms with E-state index >= 15 is 0 Å². The summed E-state index contributed by atoms with van der Waals surface area (Å²) in [7, 11) is 2.01. The number of hydrogen-bond acceptors (Lipinski definition) is 4. The zero-order valence-corrected chi connectivity index (χ0v) is 17.4. The molecule has 27 heavy (non-hydrogen) atoms. The van der Waals surface area contributed by atoms with Crippen LogP contribution in [0.25, 0.3) is 11.4 Å². The van der Waals surface area contributed by atoms with Gasteiger partial charge < -0.3 is 9.47 Å². The molecule has 1 fully saturated rings. The molecule has 1 saturated heterocycles. The van der Waals surface area contributed by atoms with Gasteiger partial charge in [-0.2, -0.15) is 0 Å². The highest BCUT2D eigenvalue weighted by atomic mass is 16.2. The van der Waals surface area contributed by atoms with Crippen LogP contribution in [0.3, 0.4) is 0 Å². The van der Waals surface area contributed by atoms with Crippen molar-refractivity contribution in [1.82, 2.24) is 24.4 Å². The molecule has 6 heteroatoms. The standard InChI is InChI=1S/C21H31N5O/c1-14-11-17(18-13-22-15(2)25(18)6)24-19(23-14)12-16-7-9-26(10-8-16)20(27)21(3,4)5/h11,13,16H,7-10,12H2,1-6H3. The number of carbonyl (C=O) groups is 1. The van der Waals surface area contributed by atoms with Crippen LogP contribution in [0.15, 0.2) is 12.3 Å². The Balaban J connectivity index is 1.69. The van der Waals surface area contributed by atoms with Crippen LogP contribution in [0.4, 0.5) is 0 Å². The normalized spacial score (nSPS) is 16.0. The van der Waals surface area contributed by atoms with E-state index in [1.54, 1.807) is 0 Å². The minimum absolute atomic E-state index is 0.251. The van der Waals surface area contributed by atoms with Crippen LogP contribution in [0.2, 0.25) is 0 Å². The molecular formula is C21H31N5O. The van der Waals surface area contributed by atoms with E-state index in [2.05, 4.69) is 14.5 Å². The van der Waals surface area contributed by atoms with Crippen molar-refractivity contribution in [3.8, 4) is 11.4 Å². The maximum absolute atomic E-state index is 12.5. The van der Waals surface area contributed by atoms with E-state index in [1.165, 1.54) is 0 Å². The van der Waals surface area contributed by atoms with Crippen molar-refractivity contribution < 1.29 is 4.79 Å². The Morgan fingerprint density at radius 3 is 2.41 bits per heavy atom. The number of likely N-dealkylation sites (tertiary alicyclic amines) is 1. The first kappa shape index (κ1) is 19.5. The van der Waals surface area contributed by atoms with Crippen molar-refractivity contribution in [3.05, 3.63) is 29.6 Å². The monoisotopic (exact) mass is 369 g/mol. The first-order valence-corrected chi connectivity index (χ1v) is 9.78. The van der Waals surface area contributed by atoms with Crippen molar-refractivity contribution in [2.45, 2.75) is 53.9 Å². The topological polar surface area (TPSA) is 63.9 Å². The molecule has 1 aliphatic rings. The second kappa shape index (κ2) is 7.41. The van der Waals surface area contributed by atoms with Crippen molar-refractivity contribution in [2.24, 2.45) is 18.4 Å². The van der Waals surface area contributed by atoms with Crippen molar-refractivity contribution in [1.29, 1.82) is 0 Å². The van der Waals surface area contributed by atoms with Gasteiger partial charge in [-0.15, -0.1) is 0 Å². The largest absolute Gasteiger partial charge is 0.342 e. The number of piperidine rings is 1. The molecular weight excluding hydrogens is 338 g/mol. The van der Waals surface area contributed by atoms with E-state index in [9.17, 15) is 4.79 Å².